The van der Waals surface area contributed by atoms with Crippen LogP contribution in [0.15, 0.2) is 83.0 Å². The number of hydrogen-bond donors (Lipinski definition) is 1. The molecular formula is C39H42N6O9S2. The number of carbonyl (C=O) groups excluding carboxylic acids is 3. The van der Waals surface area contributed by atoms with Crippen LogP contribution in [0, 0.1) is 0 Å². The maximum atomic E-state index is 14.2. The van der Waals surface area contributed by atoms with Crippen LogP contribution in [0.1, 0.15) is 40.5 Å². The second-order valence-electron chi connectivity index (χ2n) is 13.7. The van der Waals surface area contributed by atoms with Crippen LogP contribution in [0.2, 0.25) is 0 Å². The fraction of sp³-hybridized carbons (Fsp3) is 0.359. The first-order chi connectivity index (χ1) is 27.0. The van der Waals surface area contributed by atoms with Crippen LogP contribution >= 0.6 is 21.6 Å². The number of amides is 3. The van der Waals surface area contributed by atoms with Crippen LogP contribution in [0.4, 0.5) is 16.2 Å². The molecule has 2 N–H and O–H groups in total. The third-order valence-electron chi connectivity index (χ3n) is 9.66. The van der Waals surface area contributed by atoms with Crippen molar-refractivity contribution in [1.29, 1.82) is 0 Å². The van der Waals surface area contributed by atoms with Crippen LogP contribution in [-0.2, 0) is 9.47 Å². The summed E-state index contributed by atoms with van der Waals surface area (Å²) >= 11 is 0. The average molecular weight is 803 g/mol. The lowest BCUT2D eigenvalue weighted by Gasteiger charge is -2.33. The van der Waals surface area contributed by atoms with E-state index in [1.165, 1.54) is 42.0 Å². The lowest BCUT2D eigenvalue weighted by molar-refractivity contribution is -0.103. The number of methoxy groups -OCH3 is 2. The van der Waals surface area contributed by atoms with Gasteiger partial charge < -0.3 is 34.5 Å². The van der Waals surface area contributed by atoms with Gasteiger partial charge in [-0.15, -0.1) is 0 Å². The molecule has 17 heteroatoms. The van der Waals surface area contributed by atoms with Gasteiger partial charge in [0.05, 0.1) is 56.3 Å². The van der Waals surface area contributed by atoms with E-state index in [-0.39, 0.29) is 64.6 Å². The minimum Gasteiger partial charge on any atom is -0.493 e. The number of carbonyl (C=O) groups is 3. The topological polar surface area (TPSA) is 168 Å². The zero-order chi connectivity index (χ0) is 39.5. The molecule has 1 aromatic heterocycles. The number of aromatic nitrogens is 1. The first kappa shape index (κ1) is 38.9. The summed E-state index contributed by atoms with van der Waals surface area (Å²) in [6, 6.07) is 11.0. The van der Waals surface area contributed by atoms with Gasteiger partial charge in [-0.2, -0.15) is 0 Å². The summed E-state index contributed by atoms with van der Waals surface area (Å²) in [5, 5.41) is 0.865. The van der Waals surface area contributed by atoms with Gasteiger partial charge in [0.25, 0.3) is 11.8 Å². The number of anilines is 1. The number of rotatable bonds is 12. The smallest absolute Gasteiger partial charge is 0.412 e. The number of benzene rings is 2. The third-order valence-corrected chi connectivity index (χ3v) is 12.4. The molecule has 0 spiro atoms. The molecule has 294 valence electrons. The van der Waals surface area contributed by atoms with E-state index < -0.39 is 24.3 Å². The van der Waals surface area contributed by atoms with Crippen molar-refractivity contribution >= 4 is 57.1 Å². The highest BCUT2D eigenvalue weighted by Crippen LogP contribution is 2.41. The molecule has 0 aliphatic carbocycles. The van der Waals surface area contributed by atoms with E-state index in [2.05, 4.69) is 23.1 Å². The van der Waals surface area contributed by atoms with E-state index in [1.807, 2.05) is 25.1 Å². The molecule has 0 bridgehead atoms. The van der Waals surface area contributed by atoms with Crippen LogP contribution in [-0.4, -0.2) is 114 Å². The van der Waals surface area contributed by atoms with Crippen molar-refractivity contribution in [3.63, 3.8) is 0 Å². The van der Waals surface area contributed by atoms with Crippen LogP contribution < -0.4 is 25.0 Å². The van der Waals surface area contributed by atoms with Gasteiger partial charge in [0, 0.05) is 48.6 Å². The van der Waals surface area contributed by atoms with Crippen LogP contribution in [0.3, 0.4) is 0 Å². The molecule has 7 rings (SSSR count). The molecule has 0 saturated carbocycles. The van der Waals surface area contributed by atoms with Gasteiger partial charge in [0.2, 0.25) is 11.5 Å². The molecule has 4 atom stereocenters. The second-order valence-corrected chi connectivity index (χ2v) is 16.3. The molecular weight excluding hydrogens is 761 g/mol. The minimum absolute atomic E-state index is 0.00310. The molecule has 3 unspecified atom stereocenters. The zero-order valence-corrected chi connectivity index (χ0v) is 32.8. The Labute approximate surface area is 332 Å². The van der Waals surface area contributed by atoms with Gasteiger partial charge in [-0.05, 0) is 54.8 Å². The number of ether oxygens (including phenoxy) is 4. The molecule has 15 nitrogen and oxygen atoms in total. The van der Waals surface area contributed by atoms with Gasteiger partial charge in [0.1, 0.15) is 11.6 Å². The lowest BCUT2D eigenvalue weighted by Crippen LogP contribution is -2.51. The Morgan fingerprint density at radius 2 is 1.75 bits per heavy atom. The summed E-state index contributed by atoms with van der Waals surface area (Å²) in [5.74, 6) is 0.0418. The van der Waals surface area contributed by atoms with E-state index >= 15 is 0 Å². The van der Waals surface area contributed by atoms with Gasteiger partial charge in [-0.25, -0.2) is 9.78 Å². The fourth-order valence-corrected chi connectivity index (χ4v) is 8.80. The highest BCUT2D eigenvalue weighted by atomic mass is 33.1. The summed E-state index contributed by atoms with van der Waals surface area (Å²) in [7, 11) is 5.94. The second kappa shape index (κ2) is 16.8. The zero-order valence-electron chi connectivity index (χ0n) is 31.2. The Hall–Kier alpha value is -5.39. The van der Waals surface area contributed by atoms with Crippen molar-refractivity contribution in [2.24, 2.45) is 4.99 Å². The summed E-state index contributed by atoms with van der Waals surface area (Å²) in [4.78, 5) is 66.0. The molecule has 2 aromatic carbocycles. The SMILES string of the molecule is C=C1CC(C2OCCN2C(=O)OCC(C)SSc2ccccn2)N(C(=O)c2cc(OC)c(OOc3cc4c(cc3OC)C(=O)N3CC(=C)C[C@H]3C=N4)cc2N)C1. The number of hydrogen-bond acceptors (Lipinski definition) is 14. The standard InChI is InChI=1S/C39H42N6O9S2/c1-22-12-25-18-42-29-17-34(32(50-5)15-27(29)37(47)44(25)19-22)54-53-33-16-28(40)26(14-31(33)49-4)36(46)45-20-23(2)13-30(45)38-43(10-11-51-38)39(48)52-21-24(3)55-56-35-8-6-7-9-41-35/h6-9,14-18,24-25,30,38H,1-2,10-13,19-21,40H2,3-5H3/t24?,25-,30?,38?/m0/s1. The molecule has 3 fully saturated rings. The van der Waals surface area contributed by atoms with Crippen molar-refractivity contribution in [2.45, 2.75) is 48.4 Å². The number of pyridine rings is 1. The summed E-state index contributed by atoms with van der Waals surface area (Å²) in [5.41, 5.74) is 9.24. The van der Waals surface area contributed by atoms with Gasteiger partial charge in [0.15, 0.2) is 17.7 Å². The number of nitrogen functional groups attached to an aromatic ring is 1. The Kier molecular flexibility index (Phi) is 11.6. The summed E-state index contributed by atoms with van der Waals surface area (Å²) in [6.07, 6.45) is 3.26. The Balaban J connectivity index is 1.03. The lowest BCUT2D eigenvalue weighted by atomic mass is 10.1. The Bertz CT molecular complexity index is 2070. The maximum absolute atomic E-state index is 14.2. The van der Waals surface area contributed by atoms with E-state index in [1.54, 1.807) is 45.1 Å². The molecule has 4 aliphatic rings. The molecule has 0 radical (unpaired) electrons. The van der Waals surface area contributed by atoms with Gasteiger partial charge >= 0.3 is 6.09 Å². The highest BCUT2D eigenvalue weighted by molar-refractivity contribution is 8.76. The summed E-state index contributed by atoms with van der Waals surface area (Å²) < 4.78 is 22.9. The number of fused-ring (bicyclic) bond motifs is 2. The number of nitrogens with two attached hydrogens (primary N) is 1. The van der Waals surface area contributed by atoms with E-state index in [4.69, 9.17) is 34.5 Å². The summed E-state index contributed by atoms with van der Waals surface area (Å²) in [6.45, 7) is 11.6. The molecule has 3 amide bonds. The van der Waals surface area contributed by atoms with Crippen molar-refractivity contribution in [3.8, 4) is 23.0 Å². The van der Waals surface area contributed by atoms with Gasteiger partial charge in [-0.3, -0.25) is 29.3 Å². The quantitative estimate of drug-likeness (QED) is 0.0753. The number of likely N-dealkylation sites (tertiary alicyclic amines) is 1. The molecule has 56 heavy (non-hydrogen) atoms. The Morgan fingerprint density at radius 3 is 2.50 bits per heavy atom. The van der Waals surface area contributed by atoms with Crippen LogP contribution in [0.25, 0.3) is 0 Å². The van der Waals surface area contributed by atoms with E-state index in [0.29, 0.717) is 43.8 Å². The molecule has 3 aromatic rings. The highest BCUT2D eigenvalue weighted by Gasteiger charge is 2.45. The van der Waals surface area contributed by atoms with Crippen molar-refractivity contribution in [1.82, 2.24) is 19.7 Å². The predicted molar refractivity (Wildman–Crippen MR) is 212 cm³/mol. The monoisotopic (exact) mass is 802 g/mol. The van der Waals surface area contributed by atoms with Crippen LogP contribution in [0.5, 0.6) is 23.0 Å². The largest absolute Gasteiger partial charge is 0.493 e. The minimum atomic E-state index is -0.748. The van der Waals surface area contributed by atoms with Crippen molar-refractivity contribution in [2.75, 3.05) is 52.8 Å². The first-order valence-electron chi connectivity index (χ1n) is 17.9. The van der Waals surface area contributed by atoms with Crippen molar-refractivity contribution < 1.29 is 43.1 Å². The van der Waals surface area contributed by atoms with Gasteiger partial charge in [-0.1, -0.05) is 41.2 Å². The Morgan fingerprint density at radius 1 is 1.00 bits per heavy atom. The molecule has 4 aliphatic heterocycles. The average Bonchev–Trinajstić information content (AvgIpc) is 3.93. The fourth-order valence-electron chi connectivity index (χ4n) is 6.92. The van der Waals surface area contributed by atoms with E-state index in [0.717, 1.165) is 16.2 Å². The molecule has 3 saturated heterocycles. The number of nitrogens with zero attached hydrogens (tertiary/aromatic N) is 5. The molecule has 5 heterocycles. The number of aliphatic imine (C=N–C) groups is 1. The maximum Gasteiger partial charge on any atom is 0.412 e. The van der Waals surface area contributed by atoms with E-state index in [9.17, 15) is 14.4 Å². The first-order valence-corrected chi connectivity index (χ1v) is 20.1. The predicted octanol–water partition coefficient (Wildman–Crippen LogP) is 5.94. The van der Waals surface area contributed by atoms with Crippen molar-refractivity contribution in [3.05, 3.63) is 84.1 Å². The third kappa shape index (κ3) is 8.10. The normalized spacial score (nSPS) is 20.7.